The molecule has 4 nitrogen and oxygen atoms in total. The van der Waals surface area contributed by atoms with Crippen LogP contribution in [0, 0.1) is 0 Å². The Kier molecular flexibility index (Phi) is 4.87. The first-order chi connectivity index (χ1) is 13.8. The van der Waals surface area contributed by atoms with Crippen molar-refractivity contribution in [2.24, 2.45) is 0 Å². The highest BCUT2D eigenvalue weighted by Crippen LogP contribution is 2.36. The lowest BCUT2D eigenvalue weighted by molar-refractivity contribution is 0.589. The van der Waals surface area contributed by atoms with Gasteiger partial charge in [0, 0.05) is 35.9 Å². The molecule has 0 radical (unpaired) electrons. The summed E-state index contributed by atoms with van der Waals surface area (Å²) in [6.45, 7) is 11.1. The number of hydrogen-bond donors (Lipinski definition) is 0. The predicted molar refractivity (Wildman–Crippen MR) is 119 cm³/mol. The minimum Gasteiger partial charge on any atom is -0.240 e. The third-order valence-electron chi connectivity index (χ3n) is 5.34. The Morgan fingerprint density at radius 3 is 1.79 bits per heavy atom. The van der Waals surface area contributed by atoms with Crippen molar-refractivity contribution in [1.29, 1.82) is 0 Å². The zero-order chi connectivity index (χ0) is 20.6. The SMILES string of the molecule is CC(C)c1ccc(-c2ccc(C(C)(C)C)cc2-n2cccn2)c(-n2cccn2)c1. The molecule has 4 aromatic rings. The van der Waals surface area contributed by atoms with Crippen LogP contribution in [-0.2, 0) is 5.41 Å². The molecule has 0 aliphatic heterocycles. The summed E-state index contributed by atoms with van der Waals surface area (Å²) in [6, 6.07) is 17.3. The maximum Gasteiger partial charge on any atom is 0.0727 e. The topological polar surface area (TPSA) is 35.6 Å². The summed E-state index contributed by atoms with van der Waals surface area (Å²) in [4.78, 5) is 0. The lowest BCUT2D eigenvalue weighted by Gasteiger charge is -2.22. The van der Waals surface area contributed by atoms with Crippen LogP contribution in [-0.4, -0.2) is 19.6 Å². The van der Waals surface area contributed by atoms with Gasteiger partial charge in [0.2, 0.25) is 0 Å². The normalized spacial score (nSPS) is 11.9. The average molecular weight is 385 g/mol. The molecule has 0 atom stereocenters. The van der Waals surface area contributed by atoms with E-state index in [4.69, 9.17) is 0 Å². The molecule has 0 N–H and O–H groups in total. The molecule has 0 aliphatic carbocycles. The fraction of sp³-hybridized carbons (Fsp3) is 0.280. The second-order valence-electron chi connectivity index (χ2n) is 8.81. The second kappa shape index (κ2) is 7.36. The minimum absolute atomic E-state index is 0.0622. The van der Waals surface area contributed by atoms with E-state index in [1.165, 1.54) is 11.1 Å². The van der Waals surface area contributed by atoms with Crippen molar-refractivity contribution in [2.75, 3.05) is 0 Å². The molecule has 148 valence electrons. The molecule has 2 aromatic heterocycles. The van der Waals surface area contributed by atoms with Crippen LogP contribution in [0.5, 0.6) is 0 Å². The minimum atomic E-state index is 0.0622. The Hall–Kier alpha value is -3.14. The van der Waals surface area contributed by atoms with E-state index in [9.17, 15) is 0 Å². The van der Waals surface area contributed by atoms with Gasteiger partial charge in [-0.2, -0.15) is 10.2 Å². The largest absolute Gasteiger partial charge is 0.240 e. The second-order valence-corrected chi connectivity index (χ2v) is 8.81. The fourth-order valence-corrected chi connectivity index (χ4v) is 3.56. The lowest BCUT2D eigenvalue weighted by Crippen LogP contribution is -2.12. The molecule has 0 amide bonds. The zero-order valence-electron chi connectivity index (χ0n) is 17.8. The molecule has 2 heterocycles. The first-order valence-electron chi connectivity index (χ1n) is 10.1. The Labute approximate surface area is 172 Å². The van der Waals surface area contributed by atoms with Gasteiger partial charge >= 0.3 is 0 Å². The van der Waals surface area contributed by atoms with Gasteiger partial charge in [-0.05, 0) is 46.7 Å². The van der Waals surface area contributed by atoms with Crippen molar-refractivity contribution >= 4 is 0 Å². The summed E-state index contributed by atoms with van der Waals surface area (Å²) in [7, 11) is 0. The van der Waals surface area contributed by atoms with E-state index in [0.717, 1.165) is 22.5 Å². The quantitative estimate of drug-likeness (QED) is 0.423. The molecule has 0 spiro atoms. The first-order valence-corrected chi connectivity index (χ1v) is 10.1. The van der Waals surface area contributed by atoms with Crippen LogP contribution in [0.1, 0.15) is 51.7 Å². The van der Waals surface area contributed by atoms with Crippen molar-refractivity contribution in [3.05, 3.63) is 84.4 Å². The van der Waals surface area contributed by atoms with Gasteiger partial charge < -0.3 is 0 Å². The maximum absolute atomic E-state index is 4.53. The molecular formula is C25H28N4. The highest BCUT2D eigenvalue weighted by Gasteiger charge is 2.19. The van der Waals surface area contributed by atoms with E-state index in [1.807, 2.05) is 46.3 Å². The smallest absolute Gasteiger partial charge is 0.0727 e. The van der Waals surface area contributed by atoms with E-state index in [1.54, 1.807) is 0 Å². The van der Waals surface area contributed by atoms with E-state index in [-0.39, 0.29) is 5.41 Å². The van der Waals surface area contributed by atoms with Crippen molar-refractivity contribution < 1.29 is 0 Å². The summed E-state index contributed by atoms with van der Waals surface area (Å²) < 4.78 is 3.90. The lowest BCUT2D eigenvalue weighted by atomic mass is 9.85. The molecule has 0 aliphatic rings. The molecule has 29 heavy (non-hydrogen) atoms. The van der Waals surface area contributed by atoms with Crippen molar-refractivity contribution in [3.8, 4) is 22.5 Å². The van der Waals surface area contributed by atoms with Gasteiger partial charge in [-0.1, -0.05) is 58.9 Å². The van der Waals surface area contributed by atoms with E-state index < -0.39 is 0 Å². The Bertz CT molecular complexity index is 1100. The van der Waals surface area contributed by atoms with Gasteiger partial charge in [0.15, 0.2) is 0 Å². The molecule has 4 rings (SSSR count). The standard InChI is InChI=1S/C25H28N4/c1-18(2)19-8-10-21(23(16-19)28-14-6-12-26-28)22-11-9-20(25(3,4)5)17-24(22)29-15-7-13-27-29/h6-18H,1-5H3. The van der Waals surface area contributed by atoms with E-state index >= 15 is 0 Å². The summed E-state index contributed by atoms with van der Waals surface area (Å²) in [6.07, 6.45) is 7.65. The molecule has 0 unspecified atom stereocenters. The van der Waals surface area contributed by atoms with Gasteiger partial charge in [-0.25, -0.2) is 9.36 Å². The van der Waals surface area contributed by atoms with Crippen LogP contribution >= 0.6 is 0 Å². The monoisotopic (exact) mass is 384 g/mol. The van der Waals surface area contributed by atoms with Crippen LogP contribution in [0.15, 0.2) is 73.3 Å². The van der Waals surface area contributed by atoms with Gasteiger partial charge in [0.25, 0.3) is 0 Å². The Balaban J connectivity index is 1.98. The van der Waals surface area contributed by atoms with Gasteiger partial charge in [-0.15, -0.1) is 0 Å². The van der Waals surface area contributed by atoms with Crippen molar-refractivity contribution in [1.82, 2.24) is 19.6 Å². The van der Waals surface area contributed by atoms with Crippen LogP contribution < -0.4 is 0 Å². The molecule has 0 fully saturated rings. The van der Waals surface area contributed by atoms with Crippen LogP contribution in [0.4, 0.5) is 0 Å². The fourth-order valence-electron chi connectivity index (χ4n) is 3.56. The third kappa shape index (κ3) is 3.75. The predicted octanol–water partition coefficient (Wildman–Crippen LogP) is 6.15. The number of nitrogens with zero attached hydrogens (tertiary/aromatic N) is 4. The maximum atomic E-state index is 4.53. The summed E-state index contributed by atoms with van der Waals surface area (Å²) >= 11 is 0. The number of rotatable bonds is 4. The van der Waals surface area contributed by atoms with Crippen LogP contribution in [0.3, 0.4) is 0 Å². The highest BCUT2D eigenvalue weighted by molar-refractivity contribution is 5.80. The molecule has 0 saturated heterocycles. The number of benzene rings is 2. The van der Waals surface area contributed by atoms with Crippen LogP contribution in [0.25, 0.3) is 22.5 Å². The zero-order valence-corrected chi connectivity index (χ0v) is 17.8. The molecule has 0 bridgehead atoms. The average Bonchev–Trinajstić information content (AvgIpc) is 3.40. The van der Waals surface area contributed by atoms with Gasteiger partial charge in [-0.3, -0.25) is 0 Å². The molecule has 4 heteroatoms. The highest BCUT2D eigenvalue weighted by atomic mass is 15.3. The van der Waals surface area contributed by atoms with Gasteiger partial charge in [0.05, 0.1) is 11.4 Å². The van der Waals surface area contributed by atoms with E-state index in [0.29, 0.717) is 5.92 Å². The van der Waals surface area contributed by atoms with E-state index in [2.05, 4.69) is 81.2 Å². The van der Waals surface area contributed by atoms with Gasteiger partial charge in [0.1, 0.15) is 0 Å². The van der Waals surface area contributed by atoms with Crippen LogP contribution in [0.2, 0.25) is 0 Å². The summed E-state index contributed by atoms with van der Waals surface area (Å²) in [5, 5.41) is 9.04. The van der Waals surface area contributed by atoms with Crippen molar-refractivity contribution in [3.63, 3.8) is 0 Å². The number of aromatic nitrogens is 4. The summed E-state index contributed by atoms with van der Waals surface area (Å²) in [5.41, 5.74) is 7.09. The number of hydrogen-bond acceptors (Lipinski definition) is 2. The molecular weight excluding hydrogens is 356 g/mol. The summed E-state index contributed by atoms with van der Waals surface area (Å²) in [5.74, 6) is 0.451. The first kappa shape index (κ1) is 19.2. The third-order valence-corrected chi connectivity index (χ3v) is 5.34. The Morgan fingerprint density at radius 2 is 1.31 bits per heavy atom. The van der Waals surface area contributed by atoms with Crippen molar-refractivity contribution in [2.45, 2.75) is 46.0 Å². The Morgan fingerprint density at radius 1 is 0.759 bits per heavy atom. The molecule has 2 aromatic carbocycles. The molecule has 0 saturated carbocycles.